The lowest BCUT2D eigenvalue weighted by molar-refractivity contribution is 0.217. The summed E-state index contributed by atoms with van der Waals surface area (Å²) in [5, 5.41) is 3.51. The van der Waals surface area contributed by atoms with Gasteiger partial charge < -0.3 is 11.1 Å². The molecule has 1 atom stereocenters. The molecule has 1 aliphatic carbocycles. The molecule has 0 saturated heterocycles. The van der Waals surface area contributed by atoms with Crippen molar-refractivity contribution in [3.63, 3.8) is 0 Å². The number of anilines is 2. The molecule has 5 nitrogen and oxygen atoms in total. The molecule has 0 heterocycles. The fourth-order valence-electron chi connectivity index (χ4n) is 2.96. The average molecular weight is 311 g/mol. The van der Waals surface area contributed by atoms with E-state index < -0.39 is 10.0 Å². The van der Waals surface area contributed by atoms with Crippen molar-refractivity contribution in [1.29, 1.82) is 0 Å². The minimum Gasteiger partial charge on any atom is -0.398 e. The first-order chi connectivity index (χ1) is 9.76. The molecule has 118 valence electrons. The molecule has 4 N–H and O–H groups in total. The molecule has 0 bridgehead atoms. The molecule has 1 saturated carbocycles. The predicted molar refractivity (Wildman–Crippen MR) is 86.8 cm³/mol. The molecule has 1 aliphatic rings. The van der Waals surface area contributed by atoms with Gasteiger partial charge in [0.15, 0.2) is 0 Å². The molecule has 0 aliphatic heterocycles. The van der Waals surface area contributed by atoms with Gasteiger partial charge in [0.2, 0.25) is 10.0 Å². The van der Waals surface area contributed by atoms with E-state index >= 15 is 0 Å². The number of nitrogens with one attached hydrogen (secondary N) is 2. The van der Waals surface area contributed by atoms with Crippen LogP contribution >= 0.6 is 0 Å². The van der Waals surface area contributed by atoms with Gasteiger partial charge in [0.1, 0.15) is 4.90 Å². The Morgan fingerprint density at radius 1 is 1.29 bits per heavy atom. The first-order valence-electron chi connectivity index (χ1n) is 7.36. The highest BCUT2D eigenvalue weighted by molar-refractivity contribution is 7.89. The van der Waals surface area contributed by atoms with E-state index in [2.05, 4.69) is 23.9 Å². The van der Waals surface area contributed by atoms with Crippen LogP contribution in [-0.4, -0.2) is 21.5 Å². The minimum absolute atomic E-state index is 0.124. The zero-order chi connectivity index (χ0) is 15.7. The molecule has 1 aromatic carbocycles. The van der Waals surface area contributed by atoms with Crippen LogP contribution in [0.4, 0.5) is 11.4 Å². The Morgan fingerprint density at radius 2 is 2.00 bits per heavy atom. The molecule has 6 heteroatoms. The fourth-order valence-corrected chi connectivity index (χ4v) is 3.79. The summed E-state index contributed by atoms with van der Waals surface area (Å²) in [5.74, 6) is 0. The second-order valence-electron chi connectivity index (χ2n) is 6.39. The van der Waals surface area contributed by atoms with Crippen molar-refractivity contribution in [2.24, 2.45) is 5.41 Å². The van der Waals surface area contributed by atoms with Gasteiger partial charge in [-0.2, -0.15) is 0 Å². The van der Waals surface area contributed by atoms with Gasteiger partial charge in [-0.25, -0.2) is 13.1 Å². The third-order valence-corrected chi connectivity index (χ3v) is 5.90. The standard InChI is InChI=1S/C15H25N3O2S/c1-15(2)9-5-4-6-14(15)18-11-7-8-13(12(16)10-11)21(19,20)17-3/h7-8,10,14,17-18H,4-6,9,16H2,1-3H3. The van der Waals surface area contributed by atoms with Crippen molar-refractivity contribution in [2.45, 2.75) is 50.5 Å². The van der Waals surface area contributed by atoms with Gasteiger partial charge in [-0.1, -0.05) is 26.7 Å². The molecular formula is C15H25N3O2S. The Bertz CT molecular complexity index is 611. The van der Waals surface area contributed by atoms with Gasteiger partial charge >= 0.3 is 0 Å². The molecule has 0 amide bonds. The van der Waals surface area contributed by atoms with E-state index in [1.807, 2.05) is 0 Å². The summed E-state index contributed by atoms with van der Waals surface area (Å²) in [6, 6.07) is 5.43. The second-order valence-corrected chi connectivity index (χ2v) is 8.25. The van der Waals surface area contributed by atoms with Gasteiger partial charge in [0.25, 0.3) is 0 Å². The maximum Gasteiger partial charge on any atom is 0.242 e. The lowest BCUT2D eigenvalue weighted by Gasteiger charge is -2.39. The van der Waals surface area contributed by atoms with Crippen LogP contribution in [-0.2, 0) is 10.0 Å². The van der Waals surface area contributed by atoms with E-state index in [1.54, 1.807) is 18.2 Å². The number of sulfonamides is 1. The van der Waals surface area contributed by atoms with Gasteiger partial charge in [-0.05, 0) is 43.5 Å². The maximum atomic E-state index is 11.8. The van der Waals surface area contributed by atoms with Crippen LogP contribution in [0.25, 0.3) is 0 Å². The van der Waals surface area contributed by atoms with Crippen LogP contribution in [0.5, 0.6) is 0 Å². The third-order valence-electron chi connectivity index (χ3n) is 4.42. The Hall–Kier alpha value is -1.27. The number of hydrogen-bond donors (Lipinski definition) is 3. The fraction of sp³-hybridized carbons (Fsp3) is 0.600. The first-order valence-corrected chi connectivity index (χ1v) is 8.84. The summed E-state index contributed by atoms with van der Waals surface area (Å²) in [6.45, 7) is 4.54. The molecule has 21 heavy (non-hydrogen) atoms. The summed E-state index contributed by atoms with van der Waals surface area (Å²) in [4.78, 5) is 0.124. The average Bonchev–Trinajstić information content (AvgIpc) is 2.41. The van der Waals surface area contributed by atoms with Crippen LogP contribution in [0.2, 0.25) is 0 Å². The molecule has 0 aromatic heterocycles. The molecule has 1 fully saturated rings. The Morgan fingerprint density at radius 3 is 2.57 bits per heavy atom. The summed E-state index contributed by atoms with van der Waals surface area (Å²) < 4.78 is 25.9. The lowest BCUT2D eigenvalue weighted by atomic mass is 9.73. The van der Waals surface area contributed by atoms with Crippen molar-refractivity contribution in [3.8, 4) is 0 Å². The quantitative estimate of drug-likeness (QED) is 0.746. The molecule has 1 unspecified atom stereocenters. The highest BCUT2D eigenvalue weighted by Crippen LogP contribution is 2.37. The normalized spacial score (nSPS) is 22.0. The van der Waals surface area contributed by atoms with Gasteiger partial charge in [0.05, 0.1) is 5.69 Å². The van der Waals surface area contributed by atoms with Crippen LogP contribution in [0, 0.1) is 5.41 Å². The van der Waals surface area contributed by atoms with E-state index in [-0.39, 0.29) is 16.0 Å². The number of nitrogen functional groups attached to an aromatic ring is 1. The van der Waals surface area contributed by atoms with Crippen molar-refractivity contribution >= 4 is 21.4 Å². The Balaban J connectivity index is 2.21. The van der Waals surface area contributed by atoms with E-state index in [0.717, 1.165) is 12.1 Å². The van der Waals surface area contributed by atoms with E-state index in [4.69, 9.17) is 5.73 Å². The molecule has 1 aromatic rings. The summed E-state index contributed by atoms with van der Waals surface area (Å²) in [6.07, 6.45) is 4.82. The molecule has 0 radical (unpaired) electrons. The van der Waals surface area contributed by atoms with Crippen LogP contribution in [0.15, 0.2) is 23.1 Å². The monoisotopic (exact) mass is 311 g/mol. The highest BCUT2D eigenvalue weighted by atomic mass is 32.2. The smallest absolute Gasteiger partial charge is 0.242 e. The lowest BCUT2D eigenvalue weighted by Crippen LogP contribution is -2.38. The van der Waals surface area contributed by atoms with Crippen LogP contribution < -0.4 is 15.8 Å². The zero-order valence-electron chi connectivity index (χ0n) is 12.9. The summed E-state index contributed by atoms with van der Waals surface area (Å²) >= 11 is 0. The van der Waals surface area contributed by atoms with Gasteiger partial charge in [0, 0.05) is 11.7 Å². The van der Waals surface area contributed by atoms with Crippen molar-refractivity contribution in [1.82, 2.24) is 4.72 Å². The number of benzene rings is 1. The molecular weight excluding hydrogens is 286 g/mol. The summed E-state index contributed by atoms with van der Waals surface area (Å²) in [7, 11) is -2.12. The molecule has 2 rings (SSSR count). The van der Waals surface area contributed by atoms with Crippen molar-refractivity contribution in [2.75, 3.05) is 18.1 Å². The summed E-state index contributed by atoms with van der Waals surface area (Å²) in [5.41, 5.74) is 7.28. The first kappa shape index (κ1) is 16.1. The number of hydrogen-bond acceptors (Lipinski definition) is 4. The van der Waals surface area contributed by atoms with Crippen molar-refractivity contribution < 1.29 is 8.42 Å². The predicted octanol–water partition coefficient (Wildman–Crippen LogP) is 2.56. The molecule has 0 spiro atoms. The number of rotatable bonds is 4. The van der Waals surface area contributed by atoms with Gasteiger partial charge in [-0.3, -0.25) is 0 Å². The second kappa shape index (κ2) is 5.85. The minimum atomic E-state index is -3.50. The SMILES string of the molecule is CNS(=O)(=O)c1ccc(NC2CCCCC2(C)C)cc1N. The zero-order valence-corrected chi connectivity index (χ0v) is 13.8. The Kier molecular flexibility index (Phi) is 4.49. The Labute approximate surface area is 127 Å². The third kappa shape index (κ3) is 3.49. The highest BCUT2D eigenvalue weighted by Gasteiger charge is 2.32. The topological polar surface area (TPSA) is 84.2 Å². The maximum absolute atomic E-state index is 11.8. The van der Waals surface area contributed by atoms with E-state index in [9.17, 15) is 8.42 Å². The largest absolute Gasteiger partial charge is 0.398 e. The number of nitrogens with two attached hydrogens (primary N) is 1. The van der Waals surface area contributed by atoms with Crippen LogP contribution in [0.3, 0.4) is 0 Å². The van der Waals surface area contributed by atoms with Crippen molar-refractivity contribution in [3.05, 3.63) is 18.2 Å². The van der Waals surface area contributed by atoms with E-state index in [0.29, 0.717) is 6.04 Å². The van der Waals surface area contributed by atoms with E-state index in [1.165, 1.54) is 26.3 Å². The van der Waals surface area contributed by atoms with Crippen LogP contribution in [0.1, 0.15) is 39.5 Å². The van der Waals surface area contributed by atoms with Gasteiger partial charge in [-0.15, -0.1) is 0 Å².